The smallest absolute Gasteiger partial charge is 0.0425 e. The molecule has 0 aromatic rings. The lowest BCUT2D eigenvalue weighted by atomic mass is 9.79. The third kappa shape index (κ3) is 7.60. The Hall–Kier alpha value is -0.320. The fraction of sp³-hybridized carbons (Fsp3) is 1.00. The van der Waals surface area contributed by atoms with Gasteiger partial charge in [0.25, 0.3) is 0 Å². The predicted octanol–water partition coefficient (Wildman–Crippen LogP) is 2.18. The van der Waals surface area contributed by atoms with Crippen molar-refractivity contribution in [2.24, 2.45) is 0 Å². The summed E-state index contributed by atoms with van der Waals surface area (Å²) in [4.78, 5) is 0. The Labute approximate surface area is 196 Å². The van der Waals surface area contributed by atoms with E-state index in [1.807, 2.05) is 0 Å². The van der Waals surface area contributed by atoms with E-state index in [1.54, 1.807) is 0 Å². The highest BCUT2D eigenvalue weighted by Gasteiger charge is 2.45. The average Bonchev–Trinajstić information content (AvgIpc) is 2.64. The van der Waals surface area contributed by atoms with Gasteiger partial charge in [-0.05, 0) is 81.1 Å². The van der Waals surface area contributed by atoms with Crippen molar-refractivity contribution in [1.82, 2.24) is 31.4 Å². The van der Waals surface area contributed by atoms with E-state index in [4.69, 9.17) is 5.32 Å². The second-order valence-electron chi connectivity index (χ2n) is 12.4. The first-order chi connectivity index (χ1) is 14.7. The summed E-state index contributed by atoms with van der Waals surface area (Å²) in [6.45, 7) is 22.3. The maximum Gasteiger partial charge on any atom is 0.0425 e. The van der Waals surface area contributed by atoms with Crippen molar-refractivity contribution < 1.29 is 10.4 Å². The van der Waals surface area contributed by atoms with Crippen LogP contribution in [-0.4, -0.2) is 94.0 Å². The van der Waals surface area contributed by atoms with Crippen molar-refractivity contribution in [3.05, 3.63) is 0 Å². The number of piperidine rings is 2. The second kappa shape index (κ2) is 11.0. The van der Waals surface area contributed by atoms with Gasteiger partial charge in [-0.15, -0.1) is 0 Å². The zero-order valence-corrected chi connectivity index (χ0v) is 22.0. The molecule has 32 heavy (non-hydrogen) atoms. The molecule has 2 rings (SSSR count). The van der Waals surface area contributed by atoms with E-state index < -0.39 is 0 Å². The Kier molecular flexibility index (Phi) is 9.55. The summed E-state index contributed by atoms with van der Waals surface area (Å²) >= 11 is 0. The van der Waals surface area contributed by atoms with E-state index in [0.717, 1.165) is 65.0 Å². The molecule has 0 spiro atoms. The van der Waals surface area contributed by atoms with Crippen LogP contribution in [0.5, 0.6) is 0 Å². The molecule has 0 amide bonds. The van der Waals surface area contributed by atoms with E-state index >= 15 is 0 Å². The van der Waals surface area contributed by atoms with Crippen molar-refractivity contribution in [3.8, 4) is 0 Å². The Bertz CT molecular complexity index is 495. The SMILES string of the molecule is CC1(C)CC([N]CCNCCNCCNC2CC(C)(C)N(O)C(C)(C)C2)CC(C)(C)N1O. The van der Waals surface area contributed by atoms with Crippen LogP contribution >= 0.6 is 0 Å². The van der Waals surface area contributed by atoms with Crippen LogP contribution in [0.4, 0.5) is 0 Å². The van der Waals surface area contributed by atoms with Gasteiger partial charge < -0.3 is 26.4 Å². The summed E-state index contributed by atoms with van der Waals surface area (Å²) in [5.41, 5.74) is -0.880. The van der Waals surface area contributed by atoms with E-state index in [1.165, 1.54) is 10.1 Å². The van der Waals surface area contributed by atoms with Crippen LogP contribution in [-0.2, 0) is 0 Å². The normalized spacial score (nSPS) is 26.4. The third-order valence-corrected chi connectivity index (χ3v) is 7.14. The number of hydrogen-bond acceptors (Lipinski definition) is 7. The molecule has 2 saturated heterocycles. The van der Waals surface area contributed by atoms with Crippen molar-refractivity contribution in [2.75, 3.05) is 39.3 Å². The third-order valence-electron chi connectivity index (χ3n) is 7.14. The monoisotopic (exact) mass is 455 g/mol. The summed E-state index contributed by atoms with van der Waals surface area (Å²) in [5.74, 6) is 0. The fourth-order valence-electron chi connectivity index (χ4n) is 5.88. The Morgan fingerprint density at radius 1 is 0.656 bits per heavy atom. The summed E-state index contributed by atoms with van der Waals surface area (Å²) in [6.07, 6.45) is 3.69. The predicted molar refractivity (Wildman–Crippen MR) is 130 cm³/mol. The van der Waals surface area contributed by atoms with Crippen LogP contribution in [0.25, 0.3) is 0 Å². The van der Waals surface area contributed by atoms with Gasteiger partial charge in [0.05, 0.1) is 0 Å². The topological polar surface area (TPSA) is 97.1 Å². The first-order valence-electron chi connectivity index (χ1n) is 12.5. The lowest BCUT2D eigenvalue weighted by Gasteiger charge is -2.51. The molecule has 5 N–H and O–H groups in total. The Morgan fingerprint density at radius 3 is 1.56 bits per heavy atom. The van der Waals surface area contributed by atoms with E-state index in [-0.39, 0.29) is 22.2 Å². The Morgan fingerprint density at radius 2 is 1.06 bits per heavy atom. The van der Waals surface area contributed by atoms with Gasteiger partial charge in [-0.25, -0.2) is 5.32 Å². The molecule has 0 unspecified atom stereocenters. The van der Waals surface area contributed by atoms with Crippen molar-refractivity contribution >= 4 is 0 Å². The zero-order chi connectivity index (χ0) is 24.2. The van der Waals surface area contributed by atoms with Gasteiger partial charge in [-0.3, -0.25) is 0 Å². The highest BCUT2D eigenvalue weighted by atomic mass is 16.5. The lowest BCUT2D eigenvalue weighted by molar-refractivity contribution is -0.246. The summed E-state index contributed by atoms with van der Waals surface area (Å²) < 4.78 is 0. The quantitative estimate of drug-likeness (QED) is 0.305. The lowest BCUT2D eigenvalue weighted by Crippen LogP contribution is -2.62. The molecule has 0 aromatic carbocycles. The highest BCUT2D eigenvalue weighted by Crippen LogP contribution is 2.37. The average molecular weight is 456 g/mol. The molecule has 2 aliphatic rings. The fourth-order valence-corrected chi connectivity index (χ4v) is 5.88. The molecular formula is C24H51N6O2. The van der Waals surface area contributed by atoms with Gasteiger partial charge in [-0.2, -0.15) is 10.1 Å². The second-order valence-corrected chi connectivity index (χ2v) is 12.4. The maximum atomic E-state index is 10.4. The first kappa shape index (κ1) is 27.9. The van der Waals surface area contributed by atoms with Crippen molar-refractivity contribution in [3.63, 3.8) is 0 Å². The minimum absolute atomic E-state index is 0.206. The molecule has 189 valence electrons. The van der Waals surface area contributed by atoms with Crippen LogP contribution in [0.3, 0.4) is 0 Å². The maximum absolute atomic E-state index is 10.4. The number of hydrogen-bond donors (Lipinski definition) is 5. The molecule has 2 aliphatic heterocycles. The van der Waals surface area contributed by atoms with Gasteiger partial charge in [0.1, 0.15) is 0 Å². The molecule has 0 saturated carbocycles. The van der Waals surface area contributed by atoms with Crippen LogP contribution in [0, 0.1) is 0 Å². The van der Waals surface area contributed by atoms with Crippen molar-refractivity contribution in [2.45, 2.75) is 115 Å². The minimum atomic E-state index is -0.234. The molecule has 1 radical (unpaired) electrons. The number of rotatable bonds is 11. The van der Waals surface area contributed by atoms with Gasteiger partial charge in [0.15, 0.2) is 0 Å². The van der Waals surface area contributed by atoms with Crippen LogP contribution in [0.15, 0.2) is 0 Å². The highest BCUT2D eigenvalue weighted by molar-refractivity contribution is 4.99. The molecule has 2 fully saturated rings. The molecule has 2 heterocycles. The van der Waals surface area contributed by atoms with Gasteiger partial charge >= 0.3 is 0 Å². The summed E-state index contributed by atoms with van der Waals surface area (Å²) in [7, 11) is 0. The van der Waals surface area contributed by atoms with Gasteiger partial charge in [-0.1, -0.05) is 0 Å². The molecule has 8 nitrogen and oxygen atoms in total. The largest absolute Gasteiger partial charge is 0.314 e. The molecule has 0 atom stereocenters. The van der Waals surface area contributed by atoms with E-state index in [2.05, 4.69) is 71.3 Å². The first-order valence-corrected chi connectivity index (χ1v) is 12.5. The molecular weight excluding hydrogens is 404 g/mol. The Balaban J connectivity index is 1.50. The van der Waals surface area contributed by atoms with Crippen LogP contribution in [0.2, 0.25) is 0 Å². The van der Waals surface area contributed by atoms with Crippen LogP contribution < -0.4 is 21.3 Å². The van der Waals surface area contributed by atoms with E-state index in [9.17, 15) is 10.4 Å². The van der Waals surface area contributed by atoms with Gasteiger partial charge in [0, 0.05) is 73.5 Å². The number of hydroxylamine groups is 4. The summed E-state index contributed by atoms with van der Waals surface area (Å²) in [5, 5.41) is 39.4. The number of nitrogens with zero attached hydrogens (tertiary/aromatic N) is 3. The van der Waals surface area contributed by atoms with Crippen molar-refractivity contribution in [1.29, 1.82) is 0 Å². The zero-order valence-electron chi connectivity index (χ0n) is 22.0. The minimum Gasteiger partial charge on any atom is -0.314 e. The van der Waals surface area contributed by atoms with E-state index in [0.29, 0.717) is 12.1 Å². The van der Waals surface area contributed by atoms with Crippen LogP contribution in [0.1, 0.15) is 81.1 Å². The standard InChI is InChI=1S/C24H51N6O2/c1-21(2)15-19(16-22(3,4)29(21)31)27-13-11-25-9-10-26-12-14-28-20-17-23(5,6)30(32)24(7,8)18-20/h19-20,25-27,31-32H,9-18H2,1-8H3. The number of nitrogens with one attached hydrogen (secondary N) is 3. The summed E-state index contributed by atoms with van der Waals surface area (Å²) in [6, 6.07) is 0.736. The molecule has 0 aromatic heterocycles. The molecule has 0 bridgehead atoms. The van der Waals surface area contributed by atoms with Gasteiger partial charge in [0.2, 0.25) is 0 Å². The molecule has 0 aliphatic carbocycles. The molecule has 8 heteroatoms.